The third-order valence-electron chi connectivity index (χ3n) is 3.78. The van der Waals surface area contributed by atoms with Crippen LogP contribution in [-0.4, -0.2) is 30.6 Å². The molecule has 3 saturated heterocycles. The van der Waals surface area contributed by atoms with E-state index in [1.807, 2.05) is 0 Å². The fourth-order valence-corrected chi connectivity index (χ4v) is 2.88. The van der Waals surface area contributed by atoms with Crippen molar-refractivity contribution in [3.63, 3.8) is 0 Å². The van der Waals surface area contributed by atoms with E-state index < -0.39 is 0 Å². The van der Waals surface area contributed by atoms with Crippen LogP contribution in [0.3, 0.4) is 0 Å². The Morgan fingerprint density at radius 1 is 1.07 bits per heavy atom. The van der Waals surface area contributed by atoms with Crippen molar-refractivity contribution in [2.24, 2.45) is 5.92 Å². The van der Waals surface area contributed by atoms with Gasteiger partial charge in [-0.2, -0.15) is 0 Å². The van der Waals surface area contributed by atoms with Gasteiger partial charge in [0.1, 0.15) is 0 Å². The monoisotopic (exact) mass is 202 g/mol. The molecule has 3 fully saturated rings. The first-order valence-electron chi connectivity index (χ1n) is 5.96. The van der Waals surface area contributed by atoms with Gasteiger partial charge in [-0.3, -0.25) is 0 Å². The molecular weight excluding hydrogens is 184 g/mol. The Kier molecular flexibility index (Phi) is 2.37. The molecule has 1 aromatic rings. The Morgan fingerprint density at radius 2 is 1.80 bits per heavy atom. The molecule has 0 radical (unpaired) electrons. The van der Waals surface area contributed by atoms with E-state index in [-0.39, 0.29) is 0 Å². The topological polar surface area (TPSA) is 15.3 Å². The molecule has 3 aliphatic rings. The van der Waals surface area contributed by atoms with Crippen LogP contribution in [0.5, 0.6) is 0 Å². The summed E-state index contributed by atoms with van der Waals surface area (Å²) >= 11 is 0. The molecule has 4 rings (SSSR count). The van der Waals surface area contributed by atoms with Crippen LogP contribution >= 0.6 is 0 Å². The maximum absolute atomic E-state index is 3.67. The minimum absolute atomic E-state index is 0.676. The molecule has 2 nitrogen and oxygen atoms in total. The lowest BCUT2D eigenvalue weighted by Crippen LogP contribution is -2.53. The van der Waals surface area contributed by atoms with Gasteiger partial charge in [-0.05, 0) is 44.0 Å². The summed E-state index contributed by atoms with van der Waals surface area (Å²) in [5, 5.41) is 3.67. The number of nitrogens with one attached hydrogen (secondary N) is 1. The summed E-state index contributed by atoms with van der Waals surface area (Å²) in [5.41, 5.74) is 1.27. The summed E-state index contributed by atoms with van der Waals surface area (Å²) in [5.74, 6) is 0.898. The number of fused-ring (bicyclic) bond motifs is 3. The van der Waals surface area contributed by atoms with E-state index in [2.05, 4.69) is 40.5 Å². The molecule has 0 saturated carbocycles. The number of hydrogen-bond donors (Lipinski definition) is 1. The van der Waals surface area contributed by atoms with E-state index in [4.69, 9.17) is 0 Å². The second-order valence-electron chi connectivity index (χ2n) is 4.75. The number of nitrogens with zero attached hydrogens (tertiary/aromatic N) is 1. The number of rotatable bonds is 2. The highest BCUT2D eigenvalue weighted by atomic mass is 15.2. The molecule has 0 aromatic heterocycles. The Balaban J connectivity index is 1.69. The van der Waals surface area contributed by atoms with Crippen LogP contribution in [0.25, 0.3) is 0 Å². The van der Waals surface area contributed by atoms with Crippen molar-refractivity contribution in [1.29, 1.82) is 0 Å². The zero-order chi connectivity index (χ0) is 10.1. The molecule has 1 N–H and O–H groups in total. The summed E-state index contributed by atoms with van der Waals surface area (Å²) in [6, 6.07) is 11.3. The van der Waals surface area contributed by atoms with Crippen LogP contribution in [0.1, 0.15) is 12.8 Å². The minimum atomic E-state index is 0.676. The minimum Gasteiger partial charge on any atom is -0.381 e. The molecule has 0 amide bonds. The third-order valence-corrected chi connectivity index (χ3v) is 3.78. The van der Waals surface area contributed by atoms with Gasteiger partial charge in [-0.25, -0.2) is 0 Å². The molecule has 0 unspecified atom stereocenters. The highest BCUT2D eigenvalue weighted by Crippen LogP contribution is 2.29. The van der Waals surface area contributed by atoms with Gasteiger partial charge in [0.25, 0.3) is 0 Å². The standard InChI is InChI=1S/C13H18N2/c1-2-4-12(5-3-1)14-13-10-15-8-6-11(13)7-9-15/h1-5,11,13-14H,6-10H2/t13-/m1/s1. The SMILES string of the molecule is c1ccc(N[C@@H]2CN3CCC2CC3)cc1. The quantitative estimate of drug-likeness (QED) is 0.791. The summed E-state index contributed by atoms with van der Waals surface area (Å²) < 4.78 is 0. The van der Waals surface area contributed by atoms with Crippen LogP contribution in [0.4, 0.5) is 5.69 Å². The maximum Gasteiger partial charge on any atom is 0.0417 e. The van der Waals surface area contributed by atoms with Gasteiger partial charge in [0.05, 0.1) is 0 Å². The van der Waals surface area contributed by atoms with E-state index in [1.165, 1.54) is 38.2 Å². The van der Waals surface area contributed by atoms with Gasteiger partial charge in [0, 0.05) is 18.3 Å². The van der Waals surface area contributed by atoms with E-state index in [9.17, 15) is 0 Å². The second kappa shape index (κ2) is 3.86. The molecule has 0 spiro atoms. The number of anilines is 1. The maximum atomic E-state index is 3.67. The summed E-state index contributed by atoms with van der Waals surface area (Å²) in [4.78, 5) is 2.58. The van der Waals surface area contributed by atoms with Crippen LogP contribution in [0.15, 0.2) is 30.3 Å². The van der Waals surface area contributed by atoms with Crippen molar-refractivity contribution >= 4 is 5.69 Å². The molecule has 1 atom stereocenters. The second-order valence-corrected chi connectivity index (χ2v) is 4.75. The molecule has 3 heterocycles. The molecule has 0 aliphatic carbocycles. The Bertz CT molecular complexity index is 315. The van der Waals surface area contributed by atoms with E-state index in [0.717, 1.165) is 5.92 Å². The number of piperidine rings is 3. The molecule has 1 aromatic carbocycles. The van der Waals surface area contributed by atoms with Gasteiger partial charge in [0.2, 0.25) is 0 Å². The van der Waals surface area contributed by atoms with E-state index in [0.29, 0.717) is 6.04 Å². The summed E-state index contributed by atoms with van der Waals surface area (Å²) in [6.07, 6.45) is 2.76. The molecule has 15 heavy (non-hydrogen) atoms. The Hall–Kier alpha value is -1.02. The Morgan fingerprint density at radius 3 is 2.40 bits per heavy atom. The first-order chi connectivity index (χ1) is 7.42. The van der Waals surface area contributed by atoms with Crippen molar-refractivity contribution < 1.29 is 0 Å². The van der Waals surface area contributed by atoms with Crippen LogP contribution in [-0.2, 0) is 0 Å². The predicted molar refractivity (Wildman–Crippen MR) is 63.0 cm³/mol. The molecule has 3 aliphatic heterocycles. The van der Waals surface area contributed by atoms with Crippen molar-refractivity contribution in [2.75, 3.05) is 25.0 Å². The summed E-state index contributed by atoms with van der Waals surface area (Å²) in [7, 11) is 0. The normalized spacial score (nSPS) is 34.0. The first-order valence-corrected chi connectivity index (χ1v) is 5.96. The van der Waals surface area contributed by atoms with Crippen LogP contribution < -0.4 is 5.32 Å². The summed E-state index contributed by atoms with van der Waals surface area (Å²) in [6.45, 7) is 3.87. The van der Waals surface area contributed by atoms with Crippen molar-refractivity contribution in [2.45, 2.75) is 18.9 Å². The third kappa shape index (κ3) is 1.86. The highest BCUT2D eigenvalue weighted by molar-refractivity contribution is 5.43. The fourth-order valence-electron chi connectivity index (χ4n) is 2.88. The van der Waals surface area contributed by atoms with Crippen LogP contribution in [0.2, 0.25) is 0 Å². The highest BCUT2D eigenvalue weighted by Gasteiger charge is 2.33. The van der Waals surface area contributed by atoms with Gasteiger partial charge in [-0.15, -0.1) is 0 Å². The number of benzene rings is 1. The van der Waals surface area contributed by atoms with E-state index >= 15 is 0 Å². The number of hydrogen-bond acceptors (Lipinski definition) is 2. The van der Waals surface area contributed by atoms with Gasteiger partial charge < -0.3 is 10.2 Å². The fraction of sp³-hybridized carbons (Fsp3) is 0.538. The molecule has 2 heteroatoms. The lowest BCUT2D eigenvalue weighted by Gasteiger charge is -2.45. The lowest BCUT2D eigenvalue weighted by molar-refractivity contribution is 0.0975. The largest absolute Gasteiger partial charge is 0.381 e. The molecule has 2 bridgehead atoms. The average Bonchev–Trinajstić information content (AvgIpc) is 2.32. The zero-order valence-corrected chi connectivity index (χ0v) is 9.02. The smallest absolute Gasteiger partial charge is 0.0417 e. The lowest BCUT2D eigenvalue weighted by atomic mass is 9.84. The molecular formula is C13H18N2. The van der Waals surface area contributed by atoms with Gasteiger partial charge in [0.15, 0.2) is 0 Å². The zero-order valence-electron chi connectivity index (χ0n) is 9.02. The van der Waals surface area contributed by atoms with Crippen molar-refractivity contribution in [3.05, 3.63) is 30.3 Å². The number of para-hydroxylation sites is 1. The van der Waals surface area contributed by atoms with Crippen molar-refractivity contribution in [1.82, 2.24) is 4.90 Å². The first kappa shape index (κ1) is 9.22. The van der Waals surface area contributed by atoms with E-state index in [1.54, 1.807) is 0 Å². The average molecular weight is 202 g/mol. The van der Waals surface area contributed by atoms with Gasteiger partial charge in [-0.1, -0.05) is 18.2 Å². The molecule has 80 valence electrons. The van der Waals surface area contributed by atoms with Gasteiger partial charge >= 0.3 is 0 Å². The predicted octanol–water partition coefficient (Wildman–Crippen LogP) is 2.19. The van der Waals surface area contributed by atoms with Crippen LogP contribution in [0, 0.1) is 5.92 Å². The van der Waals surface area contributed by atoms with Crippen molar-refractivity contribution in [3.8, 4) is 0 Å². The Labute approximate surface area is 91.3 Å².